The topological polar surface area (TPSA) is 52.6 Å². The smallest absolute Gasteiger partial charge is 0.317 e. The van der Waals surface area contributed by atoms with Gasteiger partial charge in [0.05, 0.1) is 12.1 Å². The number of aryl methyl sites for hydroxylation is 1. The van der Waals surface area contributed by atoms with Crippen LogP contribution in [0, 0.1) is 5.41 Å². The van der Waals surface area contributed by atoms with Gasteiger partial charge in [0, 0.05) is 13.6 Å². The molecule has 2 atom stereocenters. The first-order valence-electron chi connectivity index (χ1n) is 7.59. The van der Waals surface area contributed by atoms with Crippen LogP contribution >= 0.6 is 0 Å². The lowest BCUT2D eigenvalue weighted by Crippen LogP contribution is -2.47. The van der Waals surface area contributed by atoms with Gasteiger partial charge in [-0.25, -0.2) is 4.79 Å². The van der Waals surface area contributed by atoms with Gasteiger partial charge in [0.25, 0.3) is 0 Å². The molecule has 1 aliphatic carbocycles. The number of hydrogen-bond donors (Lipinski definition) is 2. The maximum atomic E-state index is 12.3. The van der Waals surface area contributed by atoms with Crippen LogP contribution in [0.4, 0.5) is 4.79 Å². The summed E-state index contributed by atoms with van der Waals surface area (Å²) in [5.41, 5.74) is 2.56. The molecule has 0 bridgehead atoms. The standard InChI is InChI=1S/C17H26N2O2/c1-12(20)11-19(4)16(21)18-15-14-8-6-5-7-13(14)9-10-17(15,2)3/h5-8,12,15,20H,9-11H2,1-4H3,(H,18,21). The number of nitrogens with one attached hydrogen (secondary N) is 1. The molecule has 2 N–H and O–H groups in total. The number of amides is 2. The molecule has 2 amide bonds. The van der Waals surface area contributed by atoms with Gasteiger partial charge in [0.2, 0.25) is 0 Å². The van der Waals surface area contributed by atoms with Crippen molar-refractivity contribution in [1.82, 2.24) is 10.2 Å². The number of carbonyl (C=O) groups is 1. The number of rotatable bonds is 3. The molecule has 1 aromatic carbocycles. The third-order valence-electron chi connectivity index (χ3n) is 4.34. The van der Waals surface area contributed by atoms with E-state index in [1.165, 1.54) is 16.0 Å². The second-order valence-corrected chi connectivity index (χ2v) is 6.80. The fourth-order valence-corrected chi connectivity index (χ4v) is 3.05. The Labute approximate surface area is 127 Å². The molecule has 2 rings (SSSR count). The van der Waals surface area contributed by atoms with E-state index in [2.05, 4.69) is 37.4 Å². The number of carbonyl (C=O) groups excluding carboxylic acids is 1. The molecule has 1 aromatic rings. The summed E-state index contributed by atoms with van der Waals surface area (Å²) < 4.78 is 0. The van der Waals surface area contributed by atoms with Crippen molar-refractivity contribution in [3.63, 3.8) is 0 Å². The van der Waals surface area contributed by atoms with E-state index in [1.54, 1.807) is 14.0 Å². The average molecular weight is 290 g/mol. The molecule has 0 spiro atoms. The molecule has 2 unspecified atom stereocenters. The van der Waals surface area contributed by atoms with Gasteiger partial charge < -0.3 is 15.3 Å². The summed E-state index contributed by atoms with van der Waals surface area (Å²) in [5, 5.41) is 12.6. The zero-order valence-electron chi connectivity index (χ0n) is 13.4. The highest BCUT2D eigenvalue weighted by molar-refractivity contribution is 5.74. The van der Waals surface area contributed by atoms with Crippen molar-refractivity contribution in [3.05, 3.63) is 35.4 Å². The number of hydrogen-bond acceptors (Lipinski definition) is 2. The summed E-state index contributed by atoms with van der Waals surface area (Å²) in [5.74, 6) is 0. The zero-order valence-corrected chi connectivity index (χ0v) is 13.4. The van der Waals surface area contributed by atoms with Crippen LogP contribution in [-0.4, -0.2) is 35.7 Å². The first-order chi connectivity index (χ1) is 9.81. The minimum absolute atomic E-state index is 0.00592. The van der Waals surface area contributed by atoms with Crippen molar-refractivity contribution in [1.29, 1.82) is 0 Å². The van der Waals surface area contributed by atoms with E-state index in [4.69, 9.17) is 0 Å². The molecule has 0 aromatic heterocycles. The van der Waals surface area contributed by atoms with Gasteiger partial charge >= 0.3 is 6.03 Å². The van der Waals surface area contributed by atoms with Crippen molar-refractivity contribution >= 4 is 6.03 Å². The van der Waals surface area contributed by atoms with E-state index in [0.29, 0.717) is 6.54 Å². The monoisotopic (exact) mass is 290 g/mol. The number of aliphatic hydroxyl groups is 1. The number of likely N-dealkylation sites (N-methyl/N-ethyl adjacent to an activating group) is 1. The van der Waals surface area contributed by atoms with Gasteiger partial charge in [-0.05, 0) is 36.3 Å². The maximum Gasteiger partial charge on any atom is 0.317 e. The summed E-state index contributed by atoms with van der Waals surface area (Å²) in [4.78, 5) is 13.9. The quantitative estimate of drug-likeness (QED) is 0.899. The number of benzene rings is 1. The molecule has 0 radical (unpaired) electrons. The Morgan fingerprint density at radius 2 is 2.14 bits per heavy atom. The highest BCUT2D eigenvalue weighted by Crippen LogP contribution is 2.43. The van der Waals surface area contributed by atoms with Crippen LogP contribution in [0.25, 0.3) is 0 Å². The number of aliphatic hydroxyl groups excluding tert-OH is 1. The van der Waals surface area contributed by atoms with Gasteiger partial charge in [0.15, 0.2) is 0 Å². The minimum atomic E-state index is -0.521. The maximum absolute atomic E-state index is 12.3. The third kappa shape index (κ3) is 3.56. The van der Waals surface area contributed by atoms with Crippen molar-refractivity contribution in [2.45, 2.75) is 45.8 Å². The lowest BCUT2D eigenvalue weighted by atomic mass is 9.70. The van der Waals surface area contributed by atoms with Crippen molar-refractivity contribution in [2.24, 2.45) is 5.41 Å². The highest BCUT2D eigenvalue weighted by Gasteiger charge is 2.37. The van der Waals surface area contributed by atoms with Gasteiger partial charge in [-0.2, -0.15) is 0 Å². The Bertz CT molecular complexity index is 511. The molecule has 4 heteroatoms. The van der Waals surface area contributed by atoms with Gasteiger partial charge in [-0.3, -0.25) is 0 Å². The van der Waals surface area contributed by atoms with Crippen molar-refractivity contribution in [2.75, 3.05) is 13.6 Å². The Kier molecular flexibility index (Phi) is 4.57. The predicted octanol–water partition coefficient (Wildman–Crippen LogP) is 2.72. The normalized spacial score (nSPS) is 21.3. The molecule has 0 heterocycles. The van der Waals surface area contributed by atoms with Gasteiger partial charge in [-0.1, -0.05) is 38.1 Å². The molecule has 4 nitrogen and oxygen atoms in total. The van der Waals surface area contributed by atoms with Crippen LogP contribution in [-0.2, 0) is 6.42 Å². The lowest BCUT2D eigenvalue weighted by Gasteiger charge is -2.41. The summed E-state index contributed by atoms with van der Waals surface area (Å²) in [7, 11) is 1.71. The van der Waals surface area contributed by atoms with Crippen LogP contribution in [0.3, 0.4) is 0 Å². The van der Waals surface area contributed by atoms with Crippen LogP contribution in [0.2, 0.25) is 0 Å². The van der Waals surface area contributed by atoms with Crippen LogP contribution < -0.4 is 5.32 Å². The molecule has 21 heavy (non-hydrogen) atoms. The first-order valence-corrected chi connectivity index (χ1v) is 7.59. The first kappa shape index (κ1) is 15.8. The zero-order chi connectivity index (χ0) is 15.6. The van der Waals surface area contributed by atoms with E-state index in [1.807, 2.05) is 6.07 Å². The second-order valence-electron chi connectivity index (χ2n) is 6.80. The average Bonchev–Trinajstić information content (AvgIpc) is 2.41. The molecule has 0 fully saturated rings. The van der Waals surface area contributed by atoms with E-state index >= 15 is 0 Å². The summed E-state index contributed by atoms with van der Waals surface area (Å²) >= 11 is 0. The van der Waals surface area contributed by atoms with Crippen molar-refractivity contribution < 1.29 is 9.90 Å². The number of fused-ring (bicyclic) bond motifs is 1. The lowest BCUT2D eigenvalue weighted by molar-refractivity contribution is 0.134. The van der Waals surface area contributed by atoms with Crippen LogP contribution in [0.15, 0.2) is 24.3 Å². The molecule has 0 saturated carbocycles. The van der Waals surface area contributed by atoms with E-state index in [0.717, 1.165) is 12.8 Å². The van der Waals surface area contributed by atoms with Crippen LogP contribution in [0.1, 0.15) is 44.4 Å². The molecule has 116 valence electrons. The second kappa shape index (κ2) is 6.06. The Hall–Kier alpha value is -1.55. The largest absolute Gasteiger partial charge is 0.392 e. The summed E-state index contributed by atoms with van der Waals surface area (Å²) in [6, 6.07) is 8.20. The summed E-state index contributed by atoms with van der Waals surface area (Å²) in [6.45, 7) is 6.41. The molecular weight excluding hydrogens is 264 g/mol. The molecule has 0 saturated heterocycles. The van der Waals surface area contributed by atoms with E-state index in [9.17, 15) is 9.90 Å². The van der Waals surface area contributed by atoms with E-state index < -0.39 is 6.10 Å². The van der Waals surface area contributed by atoms with Gasteiger partial charge in [-0.15, -0.1) is 0 Å². The van der Waals surface area contributed by atoms with E-state index in [-0.39, 0.29) is 17.5 Å². The van der Waals surface area contributed by atoms with Crippen LogP contribution in [0.5, 0.6) is 0 Å². The SMILES string of the molecule is CC(O)CN(C)C(=O)NC1c2ccccc2CCC1(C)C. The van der Waals surface area contributed by atoms with Crippen molar-refractivity contribution in [3.8, 4) is 0 Å². The molecular formula is C17H26N2O2. The predicted molar refractivity (Wildman–Crippen MR) is 84.1 cm³/mol. The fraction of sp³-hybridized carbons (Fsp3) is 0.588. The summed E-state index contributed by atoms with van der Waals surface area (Å²) in [6.07, 6.45) is 1.58. The highest BCUT2D eigenvalue weighted by atomic mass is 16.3. The fourth-order valence-electron chi connectivity index (χ4n) is 3.05. The molecule has 1 aliphatic rings. The van der Waals surface area contributed by atoms with Gasteiger partial charge in [0.1, 0.15) is 0 Å². The minimum Gasteiger partial charge on any atom is -0.392 e. The third-order valence-corrected chi connectivity index (χ3v) is 4.34. The Morgan fingerprint density at radius 1 is 1.48 bits per heavy atom. The number of nitrogens with zero attached hydrogens (tertiary/aromatic N) is 1. The Morgan fingerprint density at radius 3 is 2.81 bits per heavy atom. The molecule has 0 aliphatic heterocycles. The Balaban J connectivity index is 2.19. The number of urea groups is 1.